The normalized spacial score (nSPS) is 14.9. The molecule has 0 aliphatic heterocycles. The van der Waals surface area contributed by atoms with Gasteiger partial charge in [0.05, 0.1) is 10.7 Å². The number of nitrogens with zero attached hydrogens (tertiary/aromatic N) is 1. The number of hydrogen-bond donors (Lipinski definition) is 2. The first kappa shape index (κ1) is 30.5. The summed E-state index contributed by atoms with van der Waals surface area (Å²) in [6.07, 6.45) is 1.32. The molecule has 8 heteroatoms. The standard InChI is InChI=1S/C31H42ClN3O4/c1-18(2)17-25(33-30(38)39-31(6,7)8)29(37)35(22-15-16-22)27(23-13-9-11-19(3)21(23)5)28(36)34-26-20(4)12-10-14-24(26)32/h9-14,18,22,25,27H,15-17H2,1-8H3,(H,33,38)(H,34,36). The quantitative estimate of drug-likeness (QED) is 0.353. The third-order valence-corrected chi connectivity index (χ3v) is 7.14. The lowest BCUT2D eigenvalue weighted by Gasteiger charge is -2.36. The van der Waals surface area contributed by atoms with Crippen LogP contribution in [0, 0.1) is 26.7 Å². The van der Waals surface area contributed by atoms with Gasteiger partial charge in [-0.05, 0) is 95.0 Å². The molecule has 2 atom stereocenters. The summed E-state index contributed by atoms with van der Waals surface area (Å²) in [5.74, 6) is -0.525. The van der Waals surface area contributed by atoms with Crippen molar-refractivity contribution in [3.8, 4) is 0 Å². The monoisotopic (exact) mass is 555 g/mol. The molecule has 0 saturated heterocycles. The van der Waals surface area contributed by atoms with Crippen molar-refractivity contribution >= 4 is 35.2 Å². The molecule has 212 valence electrons. The van der Waals surface area contributed by atoms with E-state index in [2.05, 4.69) is 10.6 Å². The molecule has 1 saturated carbocycles. The van der Waals surface area contributed by atoms with E-state index in [4.69, 9.17) is 16.3 Å². The smallest absolute Gasteiger partial charge is 0.408 e. The van der Waals surface area contributed by atoms with Gasteiger partial charge < -0.3 is 20.3 Å². The van der Waals surface area contributed by atoms with Gasteiger partial charge in [-0.1, -0.05) is 55.8 Å². The van der Waals surface area contributed by atoms with Crippen molar-refractivity contribution in [2.24, 2.45) is 5.92 Å². The molecule has 7 nitrogen and oxygen atoms in total. The second kappa shape index (κ2) is 12.4. The van der Waals surface area contributed by atoms with Crippen LogP contribution in [0.15, 0.2) is 36.4 Å². The van der Waals surface area contributed by atoms with E-state index in [9.17, 15) is 14.4 Å². The summed E-state index contributed by atoms with van der Waals surface area (Å²) in [4.78, 5) is 42.9. The van der Waals surface area contributed by atoms with Gasteiger partial charge in [0, 0.05) is 6.04 Å². The number of carbonyl (C=O) groups excluding carboxylic acids is 3. The van der Waals surface area contributed by atoms with Gasteiger partial charge in [0.1, 0.15) is 17.7 Å². The fourth-order valence-corrected chi connectivity index (χ4v) is 4.93. The molecule has 0 spiro atoms. The number of rotatable bonds is 9. The summed E-state index contributed by atoms with van der Waals surface area (Å²) in [6, 6.07) is 9.35. The highest BCUT2D eigenvalue weighted by Crippen LogP contribution is 2.38. The maximum absolute atomic E-state index is 14.3. The lowest BCUT2D eigenvalue weighted by Crippen LogP contribution is -2.53. The lowest BCUT2D eigenvalue weighted by atomic mass is 9.94. The first-order valence-corrected chi connectivity index (χ1v) is 14.0. The van der Waals surface area contributed by atoms with Crippen molar-refractivity contribution in [1.29, 1.82) is 0 Å². The van der Waals surface area contributed by atoms with Crippen molar-refractivity contribution in [2.75, 3.05) is 5.32 Å². The fraction of sp³-hybridized carbons (Fsp3) is 0.516. The maximum Gasteiger partial charge on any atom is 0.408 e. The zero-order valence-corrected chi connectivity index (χ0v) is 25.1. The molecule has 3 rings (SSSR count). The van der Waals surface area contributed by atoms with Crippen molar-refractivity contribution < 1.29 is 19.1 Å². The van der Waals surface area contributed by atoms with E-state index in [1.165, 1.54) is 0 Å². The molecular weight excluding hydrogens is 514 g/mol. The second-order valence-corrected chi connectivity index (χ2v) is 12.3. The molecule has 0 aromatic heterocycles. The lowest BCUT2D eigenvalue weighted by molar-refractivity contribution is -0.141. The Kier molecular flexibility index (Phi) is 9.70. The van der Waals surface area contributed by atoms with Crippen LogP contribution in [0.4, 0.5) is 10.5 Å². The Morgan fingerprint density at radius 3 is 2.21 bits per heavy atom. The first-order chi connectivity index (χ1) is 18.2. The zero-order valence-electron chi connectivity index (χ0n) is 24.4. The van der Waals surface area contributed by atoms with E-state index >= 15 is 0 Å². The van der Waals surface area contributed by atoms with Crippen molar-refractivity contribution in [3.05, 3.63) is 63.7 Å². The number of amides is 3. The van der Waals surface area contributed by atoms with Crippen molar-refractivity contribution in [1.82, 2.24) is 10.2 Å². The Morgan fingerprint density at radius 1 is 1.03 bits per heavy atom. The van der Waals surface area contributed by atoms with E-state index in [0.717, 1.165) is 35.1 Å². The van der Waals surface area contributed by atoms with Gasteiger partial charge in [-0.2, -0.15) is 0 Å². The molecular formula is C31H42ClN3O4. The van der Waals surface area contributed by atoms with Gasteiger partial charge in [-0.3, -0.25) is 9.59 Å². The number of hydrogen-bond acceptors (Lipinski definition) is 4. The number of alkyl carbamates (subject to hydrolysis) is 1. The van der Waals surface area contributed by atoms with Gasteiger partial charge in [0.25, 0.3) is 5.91 Å². The minimum absolute atomic E-state index is 0.115. The van der Waals surface area contributed by atoms with Crippen LogP contribution < -0.4 is 10.6 Å². The zero-order chi connectivity index (χ0) is 29.1. The van der Waals surface area contributed by atoms with Crippen LogP contribution in [0.3, 0.4) is 0 Å². The van der Waals surface area contributed by atoms with E-state index in [-0.39, 0.29) is 23.8 Å². The Hall–Kier alpha value is -3.06. The number of para-hydroxylation sites is 1. The third-order valence-electron chi connectivity index (χ3n) is 6.83. The molecule has 1 fully saturated rings. The summed E-state index contributed by atoms with van der Waals surface area (Å²) in [7, 11) is 0. The van der Waals surface area contributed by atoms with E-state index in [1.54, 1.807) is 31.7 Å². The summed E-state index contributed by atoms with van der Waals surface area (Å²) in [6.45, 7) is 15.1. The second-order valence-electron chi connectivity index (χ2n) is 11.9. The van der Waals surface area contributed by atoms with Crippen LogP contribution in [0.1, 0.15) is 82.2 Å². The van der Waals surface area contributed by atoms with Gasteiger partial charge in [-0.15, -0.1) is 0 Å². The average molecular weight is 556 g/mol. The Bertz CT molecular complexity index is 1200. The van der Waals surface area contributed by atoms with Crippen LogP contribution in [-0.2, 0) is 14.3 Å². The topological polar surface area (TPSA) is 87.7 Å². The number of benzene rings is 2. The molecule has 1 aliphatic rings. The highest BCUT2D eigenvalue weighted by Gasteiger charge is 2.44. The number of anilines is 1. The highest BCUT2D eigenvalue weighted by atomic mass is 35.5. The predicted molar refractivity (Wildman–Crippen MR) is 156 cm³/mol. The molecule has 0 radical (unpaired) electrons. The largest absolute Gasteiger partial charge is 0.444 e. The Labute approximate surface area is 237 Å². The molecule has 0 heterocycles. The molecule has 3 amide bonds. The Morgan fingerprint density at radius 2 is 1.64 bits per heavy atom. The van der Waals surface area contributed by atoms with Crippen LogP contribution in [0.25, 0.3) is 0 Å². The molecule has 2 aromatic rings. The first-order valence-electron chi connectivity index (χ1n) is 13.6. The molecule has 2 unspecified atom stereocenters. The van der Waals surface area contributed by atoms with E-state index < -0.39 is 23.8 Å². The number of carbonyl (C=O) groups is 3. The number of ether oxygens (including phenoxy) is 1. The van der Waals surface area contributed by atoms with Gasteiger partial charge in [0.2, 0.25) is 5.91 Å². The summed E-state index contributed by atoms with van der Waals surface area (Å²) < 4.78 is 5.47. The minimum Gasteiger partial charge on any atom is -0.444 e. The highest BCUT2D eigenvalue weighted by molar-refractivity contribution is 6.34. The molecule has 2 aromatic carbocycles. The molecule has 39 heavy (non-hydrogen) atoms. The third kappa shape index (κ3) is 7.98. The summed E-state index contributed by atoms with van der Waals surface area (Å²) >= 11 is 6.46. The van der Waals surface area contributed by atoms with E-state index in [0.29, 0.717) is 17.1 Å². The Balaban J connectivity index is 2.07. The van der Waals surface area contributed by atoms with Gasteiger partial charge in [0.15, 0.2) is 0 Å². The molecule has 0 bridgehead atoms. The van der Waals surface area contributed by atoms with Crippen molar-refractivity contribution in [2.45, 2.75) is 98.4 Å². The number of aryl methyl sites for hydroxylation is 2. The SMILES string of the molecule is Cc1cccc(C(C(=O)Nc2c(C)cccc2Cl)N(C(=O)C(CC(C)C)NC(=O)OC(C)(C)C)C2CC2)c1C. The van der Waals surface area contributed by atoms with Crippen LogP contribution in [-0.4, -0.2) is 40.5 Å². The average Bonchev–Trinajstić information content (AvgIpc) is 3.64. The molecule has 2 N–H and O–H groups in total. The predicted octanol–water partition coefficient (Wildman–Crippen LogP) is 6.88. The maximum atomic E-state index is 14.3. The fourth-order valence-electron chi connectivity index (χ4n) is 4.66. The number of halogens is 1. The number of nitrogens with one attached hydrogen (secondary N) is 2. The van der Waals surface area contributed by atoms with Gasteiger partial charge >= 0.3 is 6.09 Å². The van der Waals surface area contributed by atoms with Crippen LogP contribution in [0.2, 0.25) is 5.02 Å². The van der Waals surface area contributed by atoms with Crippen LogP contribution >= 0.6 is 11.6 Å². The summed E-state index contributed by atoms with van der Waals surface area (Å²) in [5, 5.41) is 6.25. The van der Waals surface area contributed by atoms with Crippen molar-refractivity contribution in [3.63, 3.8) is 0 Å². The van der Waals surface area contributed by atoms with Crippen LogP contribution in [0.5, 0.6) is 0 Å². The minimum atomic E-state index is -0.907. The summed E-state index contributed by atoms with van der Waals surface area (Å²) in [5.41, 5.74) is 3.34. The molecule has 1 aliphatic carbocycles. The van der Waals surface area contributed by atoms with Gasteiger partial charge in [-0.25, -0.2) is 4.79 Å². The van der Waals surface area contributed by atoms with E-state index in [1.807, 2.05) is 65.0 Å².